The minimum Gasteiger partial charge on any atom is -0.370 e. The van der Waals surface area contributed by atoms with Crippen LogP contribution >= 0.6 is 11.8 Å². The Hall–Kier alpha value is -1.55. The molecule has 0 amide bonds. The third-order valence-corrected chi connectivity index (χ3v) is 3.38. The lowest BCUT2D eigenvalue weighted by molar-refractivity contribution is 0.951. The molecule has 0 bridgehead atoms. The molecule has 0 atom stereocenters. The molecule has 2 aromatic rings. The first-order valence-corrected chi connectivity index (χ1v) is 7.10. The number of anilines is 1. The minimum atomic E-state index is 0.797. The van der Waals surface area contributed by atoms with Gasteiger partial charge in [-0.1, -0.05) is 25.1 Å². The largest absolute Gasteiger partial charge is 0.370 e. The number of aromatic nitrogens is 2. The van der Waals surface area contributed by atoms with E-state index in [2.05, 4.69) is 34.3 Å². The summed E-state index contributed by atoms with van der Waals surface area (Å²) >= 11 is 1.75. The van der Waals surface area contributed by atoms with E-state index in [1.807, 2.05) is 30.5 Å². The lowest BCUT2D eigenvalue weighted by Crippen LogP contribution is -2.04. The SMILES string of the molecule is CCCNc1ccnc(CSc2ccccc2)n1. The number of thioether (sulfide) groups is 1. The normalized spacial score (nSPS) is 10.3. The molecule has 0 fully saturated rings. The first-order chi connectivity index (χ1) is 8.88. The van der Waals surface area contributed by atoms with Gasteiger partial charge in [-0.3, -0.25) is 0 Å². The van der Waals surface area contributed by atoms with Gasteiger partial charge in [0.05, 0.1) is 5.75 Å². The van der Waals surface area contributed by atoms with Crippen LogP contribution in [0.15, 0.2) is 47.5 Å². The average Bonchev–Trinajstić information content (AvgIpc) is 2.44. The molecule has 4 heteroatoms. The van der Waals surface area contributed by atoms with E-state index in [1.165, 1.54) is 4.90 Å². The molecule has 1 aromatic heterocycles. The van der Waals surface area contributed by atoms with E-state index in [0.717, 1.165) is 30.4 Å². The Kier molecular flexibility index (Phi) is 5.02. The molecule has 0 saturated carbocycles. The van der Waals surface area contributed by atoms with Gasteiger partial charge in [0.1, 0.15) is 11.6 Å². The van der Waals surface area contributed by atoms with Crippen molar-refractivity contribution in [3.8, 4) is 0 Å². The molecule has 1 aromatic carbocycles. The fourth-order valence-corrected chi connectivity index (χ4v) is 2.27. The maximum Gasteiger partial charge on any atom is 0.140 e. The van der Waals surface area contributed by atoms with E-state index >= 15 is 0 Å². The van der Waals surface area contributed by atoms with Crippen LogP contribution in [-0.2, 0) is 5.75 Å². The van der Waals surface area contributed by atoms with Gasteiger partial charge in [0.2, 0.25) is 0 Å². The molecule has 94 valence electrons. The van der Waals surface area contributed by atoms with E-state index in [4.69, 9.17) is 0 Å². The van der Waals surface area contributed by atoms with Crippen molar-refractivity contribution >= 4 is 17.6 Å². The Bertz CT molecular complexity index is 473. The van der Waals surface area contributed by atoms with Crippen LogP contribution in [0, 0.1) is 0 Å². The maximum absolute atomic E-state index is 4.48. The van der Waals surface area contributed by atoms with Crippen molar-refractivity contribution in [2.45, 2.75) is 24.0 Å². The van der Waals surface area contributed by atoms with Crippen LogP contribution in [0.3, 0.4) is 0 Å². The second-order valence-electron chi connectivity index (χ2n) is 3.89. The molecule has 0 unspecified atom stereocenters. The molecule has 18 heavy (non-hydrogen) atoms. The number of benzene rings is 1. The number of rotatable bonds is 6. The zero-order valence-corrected chi connectivity index (χ0v) is 11.3. The van der Waals surface area contributed by atoms with Gasteiger partial charge in [-0.2, -0.15) is 0 Å². The summed E-state index contributed by atoms with van der Waals surface area (Å²) in [6, 6.07) is 12.2. The Morgan fingerprint density at radius 2 is 2.00 bits per heavy atom. The average molecular weight is 259 g/mol. The molecule has 0 aliphatic carbocycles. The van der Waals surface area contributed by atoms with Crippen LogP contribution in [0.1, 0.15) is 19.2 Å². The predicted octanol–water partition coefficient (Wildman–Crippen LogP) is 3.59. The highest BCUT2D eigenvalue weighted by Gasteiger charge is 2.00. The lowest BCUT2D eigenvalue weighted by atomic mass is 10.4. The number of hydrogen-bond donors (Lipinski definition) is 1. The Balaban J connectivity index is 1.93. The van der Waals surface area contributed by atoms with E-state index in [-0.39, 0.29) is 0 Å². The third-order valence-electron chi connectivity index (χ3n) is 2.37. The molecular weight excluding hydrogens is 242 g/mol. The zero-order valence-electron chi connectivity index (χ0n) is 10.5. The molecule has 3 nitrogen and oxygen atoms in total. The highest BCUT2D eigenvalue weighted by atomic mass is 32.2. The van der Waals surface area contributed by atoms with Crippen molar-refractivity contribution in [1.29, 1.82) is 0 Å². The van der Waals surface area contributed by atoms with Crippen molar-refractivity contribution in [2.24, 2.45) is 0 Å². The van der Waals surface area contributed by atoms with Gasteiger partial charge in [0, 0.05) is 17.6 Å². The minimum absolute atomic E-state index is 0.797. The van der Waals surface area contributed by atoms with Gasteiger partial charge in [-0.05, 0) is 24.6 Å². The Morgan fingerprint density at radius 3 is 2.78 bits per heavy atom. The summed E-state index contributed by atoms with van der Waals surface area (Å²) in [6.07, 6.45) is 2.91. The fourth-order valence-electron chi connectivity index (χ4n) is 1.48. The molecule has 0 saturated heterocycles. The molecule has 2 rings (SSSR count). The highest BCUT2D eigenvalue weighted by Crippen LogP contribution is 2.20. The number of hydrogen-bond acceptors (Lipinski definition) is 4. The first kappa shape index (κ1) is 12.9. The van der Waals surface area contributed by atoms with Crippen LogP contribution in [0.2, 0.25) is 0 Å². The van der Waals surface area contributed by atoms with Crippen LogP contribution < -0.4 is 5.32 Å². The molecule has 1 N–H and O–H groups in total. The van der Waals surface area contributed by atoms with E-state index in [9.17, 15) is 0 Å². The van der Waals surface area contributed by atoms with Crippen LogP contribution in [0.25, 0.3) is 0 Å². The smallest absolute Gasteiger partial charge is 0.140 e. The van der Waals surface area contributed by atoms with Crippen LogP contribution in [0.5, 0.6) is 0 Å². The molecular formula is C14H17N3S. The summed E-state index contributed by atoms with van der Waals surface area (Å²) in [7, 11) is 0. The van der Waals surface area contributed by atoms with E-state index < -0.39 is 0 Å². The first-order valence-electron chi connectivity index (χ1n) is 6.12. The van der Waals surface area contributed by atoms with Crippen molar-refractivity contribution < 1.29 is 0 Å². The summed E-state index contributed by atoms with van der Waals surface area (Å²) in [4.78, 5) is 10.0. The molecule has 1 heterocycles. The molecule has 0 aliphatic heterocycles. The van der Waals surface area contributed by atoms with Crippen molar-refractivity contribution in [1.82, 2.24) is 9.97 Å². The molecule has 0 spiro atoms. The number of nitrogens with one attached hydrogen (secondary N) is 1. The van der Waals surface area contributed by atoms with Gasteiger partial charge in [0.25, 0.3) is 0 Å². The van der Waals surface area contributed by atoms with Crippen molar-refractivity contribution in [2.75, 3.05) is 11.9 Å². The van der Waals surface area contributed by atoms with Gasteiger partial charge >= 0.3 is 0 Å². The predicted molar refractivity (Wildman–Crippen MR) is 76.8 cm³/mol. The van der Waals surface area contributed by atoms with Crippen LogP contribution in [-0.4, -0.2) is 16.5 Å². The van der Waals surface area contributed by atoms with E-state index in [1.54, 1.807) is 11.8 Å². The zero-order chi connectivity index (χ0) is 12.6. The highest BCUT2D eigenvalue weighted by molar-refractivity contribution is 7.98. The van der Waals surface area contributed by atoms with Gasteiger partial charge < -0.3 is 5.32 Å². The molecule has 0 radical (unpaired) electrons. The Labute approximate surface area is 112 Å². The summed E-state index contributed by atoms with van der Waals surface area (Å²) < 4.78 is 0. The second kappa shape index (κ2) is 7.01. The third kappa shape index (κ3) is 4.04. The van der Waals surface area contributed by atoms with Crippen LogP contribution in [0.4, 0.5) is 5.82 Å². The van der Waals surface area contributed by atoms with Gasteiger partial charge in [-0.15, -0.1) is 11.8 Å². The fraction of sp³-hybridized carbons (Fsp3) is 0.286. The summed E-state index contributed by atoms with van der Waals surface area (Å²) in [5, 5.41) is 3.27. The topological polar surface area (TPSA) is 37.8 Å². The Morgan fingerprint density at radius 1 is 1.17 bits per heavy atom. The summed E-state index contributed by atoms with van der Waals surface area (Å²) in [5.41, 5.74) is 0. The standard InChI is InChI=1S/C14H17N3S/c1-2-9-15-13-8-10-16-14(17-13)11-18-12-6-4-3-5-7-12/h3-8,10H,2,9,11H2,1H3,(H,15,16,17). The van der Waals surface area contributed by atoms with Crippen molar-refractivity contribution in [3.63, 3.8) is 0 Å². The quantitative estimate of drug-likeness (QED) is 0.804. The monoisotopic (exact) mass is 259 g/mol. The second-order valence-corrected chi connectivity index (χ2v) is 4.94. The number of nitrogens with zero attached hydrogens (tertiary/aromatic N) is 2. The molecule has 0 aliphatic rings. The summed E-state index contributed by atoms with van der Waals surface area (Å²) in [6.45, 7) is 3.09. The van der Waals surface area contributed by atoms with Gasteiger partial charge in [-0.25, -0.2) is 9.97 Å². The summed E-state index contributed by atoms with van der Waals surface area (Å²) in [5.74, 6) is 2.58. The lowest BCUT2D eigenvalue weighted by Gasteiger charge is -2.05. The van der Waals surface area contributed by atoms with Crippen molar-refractivity contribution in [3.05, 3.63) is 48.4 Å². The van der Waals surface area contributed by atoms with Gasteiger partial charge in [0.15, 0.2) is 0 Å². The van der Waals surface area contributed by atoms with E-state index in [0.29, 0.717) is 0 Å². The maximum atomic E-state index is 4.48.